The van der Waals surface area contributed by atoms with Crippen LogP contribution in [-0.4, -0.2) is 4.57 Å². The zero-order chi connectivity index (χ0) is 23.5. The largest absolute Gasteiger partial charge is 0.322 e. The highest BCUT2D eigenvalue weighted by Gasteiger charge is 2.22. The molecule has 2 N–H and O–H groups in total. The second-order valence-corrected chi connectivity index (χ2v) is 8.65. The molecule has 4 rings (SSSR count). The maximum atomic E-state index is 14.5. The summed E-state index contributed by atoms with van der Waals surface area (Å²) in [5.74, 6) is -0.269. The molecule has 1 heterocycles. The third-order valence-corrected chi connectivity index (χ3v) is 6.53. The van der Waals surface area contributed by atoms with Gasteiger partial charge in [0, 0.05) is 35.3 Å². The van der Waals surface area contributed by atoms with E-state index in [9.17, 15) is 9.18 Å². The third-order valence-electron chi connectivity index (χ3n) is 6.20. The van der Waals surface area contributed by atoms with Crippen molar-refractivity contribution in [1.82, 2.24) is 4.57 Å². The summed E-state index contributed by atoms with van der Waals surface area (Å²) < 4.78 is 16.2. The Morgan fingerprint density at radius 1 is 0.939 bits per heavy atom. The molecule has 0 aliphatic carbocycles. The predicted molar refractivity (Wildman–Crippen MR) is 133 cm³/mol. The highest BCUT2D eigenvalue weighted by Crippen LogP contribution is 2.32. The van der Waals surface area contributed by atoms with Crippen molar-refractivity contribution in [1.29, 1.82) is 0 Å². The van der Waals surface area contributed by atoms with Gasteiger partial charge in [-0.3, -0.25) is 4.79 Å². The van der Waals surface area contributed by atoms with Crippen molar-refractivity contribution in [2.45, 2.75) is 32.9 Å². The molecule has 0 spiro atoms. The van der Waals surface area contributed by atoms with Crippen molar-refractivity contribution in [3.8, 4) is 11.1 Å². The molecule has 0 bridgehead atoms. The van der Waals surface area contributed by atoms with Crippen LogP contribution in [0.3, 0.4) is 0 Å². The SMILES string of the molecule is Cc1c(Cc2ccccc2F)c(C)n(CC(N)c2ccccc2)c(=O)c1-c1ccccc1Cl. The maximum Gasteiger partial charge on any atom is 0.259 e. The van der Waals surface area contributed by atoms with E-state index in [4.69, 9.17) is 17.3 Å². The lowest BCUT2D eigenvalue weighted by Gasteiger charge is -2.23. The van der Waals surface area contributed by atoms with Crippen LogP contribution in [0.15, 0.2) is 83.7 Å². The van der Waals surface area contributed by atoms with Gasteiger partial charge in [-0.25, -0.2) is 4.39 Å². The first-order chi connectivity index (χ1) is 15.9. The number of pyridine rings is 1. The molecular formula is C28H26ClFN2O. The molecule has 5 heteroatoms. The molecule has 0 radical (unpaired) electrons. The molecule has 1 aromatic heterocycles. The standard InChI is InChI=1S/C28H26ClFN2O/c1-18-23(16-21-12-6-9-15-25(21)30)19(2)32(17-26(31)20-10-4-3-5-11-20)28(33)27(18)22-13-7-8-14-24(22)29/h3-15,26H,16-17,31H2,1-2H3. The van der Waals surface area contributed by atoms with Gasteiger partial charge in [-0.1, -0.05) is 78.3 Å². The van der Waals surface area contributed by atoms with E-state index in [1.165, 1.54) is 6.07 Å². The number of nitrogens with two attached hydrogens (primary N) is 1. The molecule has 3 aromatic carbocycles. The van der Waals surface area contributed by atoms with Crippen molar-refractivity contribution in [3.05, 3.63) is 128 Å². The minimum Gasteiger partial charge on any atom is -0.322 e. The number of rotatable bonds is 6. The van der Waals surface area contributed by atoms with Gasteiger partial charge in [-0.2, -0.15) is 0 Å². The van der Waals surface area contributed by atoms with Crippen LogP contribution in [0, 0.1) is 19.7 Å². The summed E-state index contributed by atoms with van der Waals surface area (Å²) in [6.45, 7) is 4.11. The first-order valence-corrected chi connectivity index (χ1v) is 11.3. The monoisotopic (exact) mass is 460 g/mol. The summed E-state index contributed by atoms with van der Waals surface area (Å²) in [4.78, 5) is 13.8. The van der Waals surface area contributed by atoms with E-state index in [2.05, 4.69) is 0 Å². The molecule has 0 fully saturated rings. The Kier molecular flexibility index (Phi) is 6.77. The Morgan fingerprint density at radius 2 is 1.58 bits per heavy atom. The second kappa shape index (κ2) is 9.74. The van der Waals surface area contributed by atoms with Crippen molar-refractivity contribution >= 4 is 11.6 Å². The number of halogens is 2. The van der Waals surface area contributed by atoms with E-state index in [0.717, 1.165) is 22.4 Å². The molecule has 168 valence electrons. The van der Waals surface area contributed by atoms with Crippen LogP contribution in [0.5, 0.6) is 0 Å². The van der Waals surface area contributed by atoms with Crippen molar-refractivity contribution in [2.24, 2.45) is 5.73 Å². The van der Waals surface area contributed by atoms with Crippen LogP contribution in [0.4, 0.5) is 4.39 Å². The number of benzene rings is 3. The molecule has 0 amide bonds. The van der Waals surface area contributed by atoms with Gasteiger partial charge >= 0.3 is 0 Å². The summed E-state index contributed by atoms with van der Waals surface area (Å²) in [7, 11) is 0. The van der Waals surface area contributed by atoms with E-state index in [1.807, 2.05) is 68.4 Å². The topological polar surface area (TPSA) is 48.0 Å². The zero-order valence-corrected chi connectivity index (χ0v) is 19.4. The van der Waals surface area contributed by atoms with Gasteiger partial charge in [0.05, 0.1) is 5.56 Å². The third kappa shape index (κ3) is 4.63. The highest BCUT2D eigenvalue weighted by atomic mass is 35.5. The van der Waals surface area contributed by atoms with Crippen molar-refractivity contribution in [2.75, 3.05) is 0 Å². The summed E-state index contributed by atoms with van der Waals surface area (Å²) in [6.07, 6.45) is 0.364. The number of hydrogen-bond donors (Lipinski definition) is 1. The summed E-state index contributed by atoms with van der Waals surface area (Å²) in [6, 6.07) is 23.4. The maximum absolute atomic E-state index is 14.5. The van der Waals surface area contributed by atoms with Gasteiger partial charge in [0.15, 0.2) is 0 Å². The van der Waals surface area contributed by atoms with Gasteiger partial charge in [-0.15, -0.1) is 0 Å². The lowest BCUT2D eigenvalue weighted by atomic mass is 9.92. The fourth-order valence-electron chi connectivity index (χ4n) is 4.33. The zero-order valence-electron chi connectivity index (χ0n) is 18.7. The Bertz CT molecular complexity index is 1350. The molecule has 0 saturated heterocycles. The average Bonchev–Trinajstić information content (AvgIpc) is 2.82. The van der Waals surface area contributed by atoms with Crippen LogP contribution in [0.2, 0.25) is 5.02 Å². The van der Waals surface area contributed by atoms with Gasteiger partial charge in [0.25, 0.3) is 5.56 Å². The first-order valence-electron chi connectivity index (χ1n) is 10.9. The smallest absolute Gasteiger partial charge is 0.259 e. The quantitative estimate of drug-likeness (QED) is 0.371. The summed E-state index contributed by atoms with van der Waals surface area (Å²) >= 11 is 6.50. The van der Waals surface area contributed by atoms with Gasteiger partial charge in [0.2, 0.25) is 0 Å². The van der Waals surface area contributed by atoms with E-state index in [-0.39, 0.29) is 17.4 Å². The summed E-state index contributed by atoms with van der Waals surface area (Å²) in [5, 5.41) is 0.498. The molecule has 33 heavy (non-hydrogen) atoms. The number of nitrogens with zero attached hydrogens (tertiary/aromatic N) is 1. The number of aromatic nitrogens is 1. The van der Waals surface area contributed by atoms with Crippen LogP contribution < -0.4 is 11.3 Å². The van der Waals surface area contributed by atoms with Crippen molar-refractivity contribution < 1.29 is 4.39 Å². The fraction of sp³-hybridized carbons (Fsp3) is 0.179. The Balaban J connectivity index is 1.92. The Hall–Kier alpha value is -3.21. The first kappa shape index (κ1) is 23.0. The van der Waals surface area contributed by atoms with E-state index >= 15 is 0 Å². The van der Waals surface area contributed by atoms with E-state index in [1.54, 1.807) is 22.8 Å². The second-order valence-electron chi connectivity index (χ2n) is 8.24. The molecule has 1 unspecified atom stereocenters. The minimum atomic E-state index is -0.370. The van der Waals surface area contributed by atoms with Gasteiger partial charge in [0.1, 0.15) is 5.82 Å². The van der Waals surface area contributed by atoms with Crippen LogP contribution in [0.1, 0.15) is 34.0 Å². The van der Waals surface area contributed by atoms with E-state index < -0.39 is 0 Å². The van der Waals surface area contributed by atoms with Gasteiger partial charge < -0.3 is 10.3 Å². The fourth-order valence-corrected chi connectivity index (χ4v) is 4.56. The van der Waals surface area contributed by atoms with Gasteiger partial charge in [-0.05, 0) is 48.2 Å². The molecule has 4 aromatic rings. The molecular weight excluding hydrogens is 435 g/mol. The molecule has 0 aliphatic rings. The summed E-state index contributed by atoms with van der Waals surface area (Å²) in [5.41, 5.74) is 11.5. The highest BCUT2D eigenvalue weighted by molar-refractivity contribution is 6.33. The van der Waals surface area contributed by atoms with E-state index in [0.29, 0.717) is 34.7 Å². The molecule has 0 aliphatic heterocycles. The van der Waals surface area contributed by atoms with Crippen molar-refractivity contribution in [3.63, 3.8) is 0 Å². The minimum absolute atomic E-state index is 0.151. The lowest BCUT2D eigenvalue weighted by Crippen LogP contribution is -2.31. The lowest BCUT2D eigenvalue weighted by molar-refractivity contribution is 0.547. The molecule has 0 saturated carbocycles. The molecule has 3 nitrogen and oxygen atoms in total. The predicted octanol–water partition coefficient (Wildman–Crippen LogP) is 6.22. The van der Waals surface area contributed by atoms with Crippen LogP contribution in [-0.2, 0) is 13.0 Å². The normalized spacial score (nSPS) is 12.0. The number of hydrogen-bond acceptors (Lipinski definition) is 2. The van der Waals surface area contributed by atoms with Crippen LogP contribution in [0.25, 0.3) is 11.1 Å². The Labute approximate surface area is 198 Å². The average molecular weight is 461 g/mol. The molecule has 1 atom stereocenters. The Morgan fingerprint density at radius 3 is 2.27 bits per heavy atom. The van der Waals surface area contributed by atoms with Crippen LogP contribution >= 0.6 is 11.6 Å².